The molecule has 0 aromatic carbocycles. The molecule has 0 spiro atoms. The number of hydrogen-bond donors (Lipinski definition) is 1. The van der Waals surface area contributed by atoms with Crippen LogP contribution in [0.3, 0.4) is 0 Å². The van der Waals surface area contributed by atoms with Gasteiger partial charge in [-0.1, -0.05) is 25.5 Å². The van der Waals surface area contributed by atoms with Crippen LogP contribution in [0.15, 0.2) is 11.6 Å². The number of ether oxygens (including phenoxy) is 2. The van der Waals surface area contributed by atoms with Crippen LogP contribution in [0, 0.1) is 17.8 Å². The molecule has 5 atom stereocenters. The molecule has 1 aliphatic carbocycles. The van der Waals surface area contributed by atoms with Crippen molar-refractivity contribution in [1.82, 2.24) is 0 Å². The first kappa shape index (κ1) is 15.5. The van der Waals surface area contributed by atoms with E-state index in [-0.39, 0.29) is 6.29 Å². The molecule has 2 fully saturated rings. The van der Waals surface area contributed by atoms with E-state index in [0.29, 0.717) is 23.9 Å². The molecule has 21 heavy (non-hydrogen) atoms. The maximum absolute atomic E-state index is 6.31. The van der Waals surface area contributed by atoms with Crippen molar-refractivity contribution < 1.29 is 14.4 Å². The van der Waals surface area contributed by atoms with Crippen LogP contribution in [0.25, 0.3) is 0 Å². The lowest BCUT2D eigenvalue weighted by molar-refractivity contribution is -0.907. The lowest BCUT2D eigenvalue weighted by atomic mass is 9.74. The minimum absolute atomic E-state index is 0.0218. The summed E-state index contributed by atoms with van der Waals surface area (Å²) in [6.07, 6.45) is 8.13. The summed E-state index contributed by atoms with van der Waals surface area (Å²) in [5.41, 5.74) is 1.53. The Morgan fingerprint density at radius 2 is 1.95 bits per heavy atom. The van der Waals surface area contributed by atoms with Crippen LogP contribution in [0.2, 0.25) is 0 Å². The third-order valence-corrected chi connectivity index (χ3v) is 5.62. The van der Waals surface area contributed by atoms with Gasteiger partial charge in [0.15, 0.2) is 6.29 Å². The Morgan fingerprint density at radius 1 is 1.19 bits per heavy atom. The van der Waals surface area contributed by atoms with E-state index in [9.17, 15) is 0 Å². The molecule has 0 bridgehead atoms. The molecule has 2 aliphatic heterocycles. The van der Waals surface area contributed by atoms with E-state index in [1.165, 1.54) is 44.3 Å². The highest BCUT2D eigenvalue weighted by molar-refractivity contribution is 5.09. The van der Waals surface area contributed by atoms with Gasteiger partial charge in [0.25, 0.3) is 0 Å². The summed E-state index contributed by atoms with van der Waals surface area (Å²) in [5.74, 6) is 1.76. The SMILES string of the molecule is CC1=C[C@H](C)[C@@H]([C@@H]2OC[C@H](C[NH+]3CCCCC3)O2)[C@H](C)C1. The maximum Gasteiger partial charge on any atom is 0.162 e. The summed E-state index contributed by atoms with van der Waals surface area (Å²) in [4.78, 5) is 1.72. The monoisotopic (exact) mass is 294 g/mol. The fourth-order valence-electron chi connectivity index (χ4n) is 4.66. The summed E-state index contributed by atoms with van der Waals surface area (Å²) in [6.45, 7) is 11.5. The van der Waals surface area contributed by atoms with E-state index >= 15 is 0 Å². The second-order valence-corrected chi connectivity index (χ2v) is 7.61. The van der Waals surface area contributed by atoms with Gasteiger partial charge in [0.2, 0.25) is 0 Å². The molecule has 3 rings (SSSR count). The third-order valence-electron chi connectivity index (χ3n) is 5.62. The number of allylic oxidation sites excluding steroid dienone is 2. The van der Waals surface area contributed by atoms with Gasteiger partial charge < -0.3 is 14.4 Å². The molecule has 0 aromatic heterocycles. The van der Waals surface area contributed by atoms with E-state index in [4.69, 9.17) is 9.47 Å². The Labute approximate surface area is 129 Å². The minimum Gasteiger partial charge on any atom is -0.349 e. The van der Waals surface area contributed by atoms with Crippen molar-refractivity contribution in [2.75, 3.05) is 26.2 Å². The lowest BCUT2D eigenvalue weighted by Gasteiger charge is -2.36. The standard InChI is InChI=1S/C18H31NO2/c1-13-9-14(2)17(15(3)10-13)18-20-12-16(21-18)11-19-7-5-4-6-8-19/h9,14-18H,4-8,10-12H2,1-3H3/p+1/t14-,15+,16-,17+,18+/m0/s1. The van der Waals surface area contributed by atoms with Gasteiger partial charge in [-0.05, 0) is 44.4 Å². The quantitative estimate of drug-likeness (QED) is 0.805. The first-order valence-corrected chi connectivity index (χ1v) is 8.91. The van der Waals surface area contributed by atoms with Crippen LogP contribution in [0.1, 0.15) is 46.5 Å². The highest BCUT2D eigenvalue weighted by Gasteiger charge is 2.40. The summed E-state index contributed by atoms with van der Waals surface area (Å²) in [7, 11) is 0. The van der Waals surface area contributed by atoms with Crippen LogP contribution < -0.4 is 4.90 Å². The van der Waals surface area contributed by atoms with Crippen LogP contribution >= 0.6 is 0 Å². The van der Waals surface area contributed by atoms with Gasteiger partial charge in [-0.2, -0.15) is 0 Å². The van der Waals surface area contributed by atoms with Gasteiger partial charge in [0, 0.05) is 5.92 Å². The predicted octanol–water partition coefficient (Wildman–Crippen LogP) is 2.04. The highest BCUT2D eigenvalue weighted by Crippen LogP contribution is 2.38. The van der Waals surface area contributed by atoms with E-state index in [2.05, 4.69) is 26.8 Å². The number of hydrogen-bond acceptors (Lipinski definition) is 2. The van der Waals surface area contributed by atoms with Gasteiger partial charge >= 0.3 is 0 Å². The molecule has 120 valence electrons. The molecular weight excluding hydrogens is 262 g/mol. The molecule has 0 saturated carbocycles. The van der Waals surface area contributed by atoms with Crippen molar-refractivity contribution >= 4 is 0 Å². The molecule has 0 amide bonds. The van der Waals surface area contributed by atoms with Gasteiger partial charge in [0.05, 0.1) is 19.7 Å². The summed E-state index contributed by atoms with van der Waals surface area (Å²) in [5, 5.41) is 0. The highest BCUT2D eigenvalue weighted by atomic mass is 16.7. The van der Waals surface area contributed by atoms with Crippen molar-refractivity contribution in [1.29, 1.82) is 0 Å². The van der Waals surface area contributed by atoms with Crippen LogP contribution in [-0.2, 0) is 9.47 Å². The number of likely N-dealkylation sites (tertiary alicyclic amines) is 1. The van der Waals surface area contributed by atoms with Crippen LogP contribution in [-0.4, -0.2) is 38.6 Å². The van der Waals surface area contributed by atoms with Gasteiger partial charge in [-0.25, -0.2) is 0 Å². The first-order valence-electron chi connectivity index (χ1n) is 8.91. The molecule has 3 aliphatic rings. The molecule has 0 unspecified atom stereocenters. The minimum atomic E-state index is 0.0218. The average Bonchev–Trinajstić information content (AvgIpc) is 2.87. The van der Waals surface area contributed by atoms with E-state index in [1.54, 1.807) is 4.90 Å². The zero-order chi connectivity index (χ0) is 14.8. The molecule has 2 saturated heterocycles. The molecule has 2 heterocycles. The smallest absolute Gasteiger partial charge is 0.162 e. The fourth-order valence-corrected chi connectivity index (χ4v) is 4.66. The fraction of sp³-hybridized carbons (Fsp3) is 0.889. The number of rotatable bonds is 3. The Morgan fingerprint density at radius 3 is 2.67 bits per heavy atom. The van der Waals surface area contributed by atoms with Crippen molar-refractivity contribution in [3.63, 3.8) is 0 Å². The van der Waals surface area contributed by atoms with E-state index in [1.807, 2.05) is 0 Å². The molecule has 0 radical (unpaired) electrons. The van der Waals surface area contributed by atoms with Crippen molar-refractivity contribution in [2.24, 2.45) is 17.8 Å². The van der Waals surface area contributed by atoms with Gasteiger partial charge in [-0.3, -0.25) is 0 Å². The third kappa shape index (κ3) is 3.69. The molecule has 3 nitrogen and oxygen atoms in total. The Kier molecular flexibility index (Phi) is 5.03. The summed E-state index contributed by atoms with van der Waals surface area (Å²) in [6, 6.07) is 0. The predicted molar refractivity (Wildman–Crippen MR) is 84.2 cm³/mol. The number of nitrogens with one attached hydrogen (secondary N) is 1. The molecule has 3 heteroatoms. The van der Waals surface area contributed by atoms with Crippen molar-refractivity contribution in [2.45, 2.75) is 58.8 Å². The van der Waals surface area contributed by atoms with Crippen molar-refractivity contribution in [3.05, 3.63) is 11.6 Å². The second-order valence-electron chi connectivity index (χ2n) is 7.61. The Hall–Kier alpha value is -0.380. The number of quaternary nitrogens is 1. The zero-order valence-corrected chi connectivity index (χ0v) is 13.9. The summed E-state index contributed by atoms with van der Waals surface area (Å²) >= 11 is 0. The molecule has 0 aromatic rings. The average molecular weight is 294 g/mol. The maximum atomic E-state index is 6.31. The topological polar surface area (TPSA) is 22.9 Å². The largest absolute Gasteiger partial charge is 0.349 e. The molecular formula is C18H32NO2+. The second kappa shape index (κ2) is 6.80. The van der Waals surface area contributed by atoms with Crippen molar-refractivity contribution in [3.8, 4) is 0 Å². The van der Waals surface area contributed by atoms with Crippen LogP contribution in [0.4, 0.5) is 0 Å². The lowest BCUT2D eigenvalue weighted by Crippen LogP contribution is -3.13. The van der Waals surface area contributed by atoms with Gasteiger partial charge in [0.1, 0.15) is 12.6 Å². The van der Waals surface area contributed by atoms with E-state index in [0.717, 1.165) is 13.2 Å². The van der Waals surface area contributed by atoms with E-state index < -0.39 is 0 Å². The van der Waals surface area contributed by atoms with Crippen LogP contribution in [0.5, 0.6) is 0 Å². The zero-order valence-electron chi connectivity index (χ0n) is 13.9. The number of piperidine rings is 1. The Balaban J connectivity index is 1.54. The molecule has 1 N–H and O–H groups in total. The summed E-state index contributed by atoms with van der Waals surface area (Å²) < 4.78 is 12.4. The first-order chi connectivity index (χ1) is 10.1. The normalized spacial score (nSPS) is 42.0. The Bertz CT molecular complexity index is 375. The van der Waals surface area contributed by atoms with Gasteiger partial charge in [-0.15, -0.1) is 0 Å².